The Morgan fingerprint density at radius 3 is 2.29 bits per heavy atom. The Bertz CT molecular complexity index is 677. The Kier molecular flexibility index (Phi) is 6.21. The number of rotatable bonds is 7. The van der Waals surface area contributed by atoms with Crippen molar-refractivity contribution in [1.82, 2.24) is 0 Å². The van der Waals surface area contributed by atoms with Gasteiger partial charge in [-0.25, -0.2) is 0 Å². The van der Waals surface area contributed by atoms with Gasteiger partial charge in [0.25, 0.3) is 0 Å². The Labute approximate surface area is 142 Å². The van der Waals surface area contributed by atoms with E-state index in [9.17, 15) is 4.79 Å². The first kappa shape index (κ1) is 17.8. The van der Waals surface area contributed by atoms with Crippen LogP contribution in [0.3, 0.4) is 0 Å². The molecule has 0 radical (unpaired) electrons. The zero-order chi connectivity index (χ0) is 17.5. The normalized spacial score (nSPS) is 11.7. The number of hydrogen-bond donors (Lipinski definition) is 1. The van der Waals surface area contributed by atoms with Gasteiger partial charge in [0, 0.05) is 6.04 Å². The van der Waals surface area contributed by atoms with Crippen LogP contribution in [-0.2, 0) is 9.53 Å². The summed E-state index contributed by atoms with van der Waals surface area (Å²) in [5, 5.41) is 0. The molecule has 0 heterocycles. The maximum absolute atomic E-state index is 11.6. The SMILES string of the molecule is CCOC(=O)C[C@H](N)c1cccc(-c2c(OC)cccc2OC)c1. The van der Waals surface area contributed by atoms with E-state index in [4.69, 9.17) is 19.9 Å². The predicted molar refractivity (Wildman–Crippen MR) is 93.2 cm³/mol. The van der Waals surface area contributed by atoms with Crippen molar-refractivity contribution in [1.29, 1.82) is 0 Å². The maximum Gasteiger partial charge on any atom is 0.307 e. The van der Waals surface area contributed by atoms with Gasteiger partial charge >= 0.3 is 5.97 Å². The summed E-state index contributed by atoms with van der Waals surface area (Å²) in [6, 6.07) is 12.9. The topological polar surface area (TPSA) is 70.8 Å². The van der Waals surface area contributed by atoms with Crippen molar-refractivity contribution >= 4 is 5.97 Å². The van der Waals surface area contributed by atoms with Crippen LogP contribution in [0.1, 0.15) is 24.9 Å². The van der Waals surface area contributed by atoms with Gasteiger partial charge in [-0.2, -0.15) is 0 Å². The van der Waals surface area contributed by atoms with Crippen molar-refractivity contribution in [2.45, 2.75) is 19.4 Å². The summed E-state index contributed by atoms with van der Waals surface area (Å²) in [6.07, 6.45) is 0.139. The van der Waals surface area contributed by atoms with Gasteiger partial charge in [0.1, 0.15) is 11.5 Å². The number of hydrogen-bond acceptors (Lipinski definition) is 5. The van der Waals surface area contributed by atoms with Gasteiger partial charge in [-0.05, 0) is 36.2 Å². The second-order valence-corrected chi connectivity index (χ2v) is 5.28. The molecule has 2 aromatic carbocycles. The molecule has 5 nitrogen and oxygen atoms in total. The van der Waals surface area contributed by atoms with Crippen molar-refractivity contribution in [3.63, 3.8) is 0 Å². The van der Waals surface area contributed by atoms with Crippen molar-refractivity contribution in [2.24, 2.45) is 5.73 Å². The Morgan fingerprint density at radius 1 is 1.08 bits per heavy atom. The van der Waals surface area contributed by atoms with Crippen LogP contribution in [0.4, 0.5) is 0 Å². The summed E-state index contributed by atoms with van der Waals surface area (Å²) in [5.41, 5.74) is 8.78. The molecular weight excluding hydrogens is 306 g/mol. The van der Waals surface area contributed by atoms with E-state index >= 15 is 0 Å². The fraction of sp³-hybridized carbons (Fsp3) is 0.316. The molecule has 0 amide bonds. The monoisotopic (exact) mass is 329 g/mol. The number of carbonyl (C=O) groups is 1. The second-order valence-electron chi connectivity index (χ2n) is 5.28. The van der Waals surface area contributed by atoms with Gasteiger partial charge in [-0.1, -0.05) is 24.3 Å². The molecule has 0 spiro atoms. The fourth-order valence-electron chi connectivity index (χ4n) is 2.58. The quantitative estimate of drug-likeness (QED) is 0.789. The molecule has 24 heavy (non-hydrogen) atoms. The van der Waals surface area contributed by atoms with Crippen molar-refractivity contribution < 1.29 is 19.0 Å². The highest BCUT2D eigenvalue weighted by Gasteiger charge is 2.16. The summed E-state index contributed by atoms with van der Waals surface area (Å²) >= 11 is 0. The average molecular weight is 329 g/mol. The summed E-state index contributed by atoms with van der Waals surface area (Å²) in [4.78, 5) is 11.6. The number of methoxy groups -OCH3 is 2. The molecule has 128 valence electrons. The molecule has 0 fully saturated rings. The van der Waals surface area contributed by atoms with Crippen LogP contribution in [0.5, 0.6) is 11.5 Å². The smallest absolute Gasteiger partial charge is 0.307 e. The Balaban J connectivity index is 2.36. The van der Waals surface area contributed by atoms with Gasteiger partial charge in [0.15, 0.2) is 0 Å². The second kappa shape index (κ2) is 8.36. The fourth-order valence-corrected chi connectivity index (χ4v) is 2.58. The molecule has 0 saturated heterocycles. The van der Waals surface area contributed by atoms with Gasteiger partial charge in [-0.3, -0.25) is 4.79 Å². The third kappa shape index (κ3) is 4.06. The van der Waals surface area contributed by atoms with E-state index < -0.39 is 6.04 Å². The van der Waals surface area contributed by atoms with Crippen molar-refractivity contribution in [2.75, 3.05) is 20.8 Å². The highest BCUT2D eigenvalue weighted by molar-refractivity contribution is 5.77. The molecule has 0 aliphatic carbocycles. The molecular formula is C19H23NO4. The van der Waals surface area contributed by atoms with E-state index in [1.807, 2.05) is 42.5 Å². The lowest BCUT2D eigenvalue weighted by molar-refractivity contribution is -0.143. The van der Waals surface area contributed by atoms with Crippen molar-refractivity contribution in [3.05, 3.63) is 48.0 Å². The third-order valence-electron chi connectivity index (χ3n) is 3.72. The van der Waals surface area contributed by atoms with Gasteiger partial charge < -0.3 is 19.9 Å². The minimum atomic E-state index is -0.426. The summed E-state index contributed by atoms with van der Waals surface area (Å²) in [5.74, 6) is 1.13. The first-order valence-corrected chi connectivity index (χ1v) is 7.83. The molecule has 2 N–H and O–H groups in total. The van der Waals surface area contributed by atoms with E-state index in [1.165, 1.54) is 0 Å². The van der Waals surface area contributed by atoms with Crippen LogP contribution in [0.2, 0.25) is 0 Å². The molecule has 0 aliphatic heterocycles. The molecule has 0 aromatic heterocycles. The first-order valence-electron chi connectivity index (χ1n) is 7.83. The third-order valence-corrected chi connectivity index (χ3v) is 3.72. The van der Waals surface area contributed by atoms with Crippen LogP contribution in [0.25, 0.3) is 11.1 Å². The van der Waals surface area contributed by atoms with E-state index in [0.717, 1.165) is 16.7 Å². The van der Waals surface area contributed by atoms with E-state index in [0.29, 0.717) is 18.1 Å². The van der Waals surface area contributed by atoms with Gasteiger partial charge in [0.05, 0.1) is 32.8 Å². The number of esters is 1. The summed E-state index contributed by atoms with van der Waals surface area (Å²) in [6.45, 7) is 2.13. The largest absolute Gasteiger partial charge is 0.496 e. The van der Waals surface area contributed by atoms with Crippen LogP contribution in [0.15, 0.2) is 42.5 Å². The van der Waals surface area contributed by atoms with Gasteiger partial charge in [0.2, 0.25) is 0 Å². The standard InChI is InChI=1S/C19H23NO4/c1-4-24-18(21)12-15(20)13-7-5-8-14(11-13)19-16(22-2)9-6-10-17(19)23-3/h5-11,15H,4,12,20H2,1-3H3/t15-/m0/s1. The van der Waals surface area contributed by atoms with E-state index in [1.54, 1.807) is 21.1 Å². The lowest BCUT2D eigenvalue weighted by Gasteiger charge is -2.16. The number of carbonyl (C=O) groups excluding carboxylic acids is 1. The number of nitrogens with two attached hydrogens (primary N) is 1. The zero-order valence-electron chi connectivity index (χ0n) is 14.2. The molecule has 0 unspecified atom stereocenters. The van der Waals surface area contributed by atoms with Crippen LogP contribution >= 0.6 is 0 Å². The molecule has 2 aromatic rings. The first-order chi connectivity index (χ1) is 11.6. The van der Waals surface area contributed by atoms with Gasteiger partial charge in [-0.15, -0.1) is 0 Å². The molecule has 0 aliphatic rings. The molecule has 0 bridgehead atoms. The predicted octanol–water partition coefficient (Wildman–Crippen LogP) is 3.32. The lowest BCUT2D eigenvalue weighted by Crippen LogP contribution is -2.17. The highest BCUT2D eigenvalue weighted by Crippen LogP contribution is 2.38. The average Bonchev–Trinajstić information content (AvgIpc) is 2.61. The van der Waals surface area contributed by atoms with Crippen molar-refractivity contribution in [3.8, 4) is 22.6 Å². The number of ether oxygens (including phenoxy) is 3. The van der Waals surface area contributed by atoms with Crippen LogP contribution < -0.4 is 15.2 Å². The molecule has 5 heteroatoms. The summed E-state index contributed by atoms with van der Waals surface area (Å²) < 4.78 is 15.9. The molecule has 1 atom stereocenters. The lowest BCUT2D eigenvalue weighted by atomic mass is 9.97. The zero-order valence-corrected chi connectivity index (χ0v) is 14.2. The summed E-state index contributed by atoms with van der Waals surface area (Å²) in [7, 11) is 3.24. The Morgan fingerprint density at radius 2 is 1.71 bits per heavy atom. The highest BCUT2D eigenvalue weighted by atomic mass is 16.5. The van der Waals surface area contributed by atoms with E-state index in [-0.39, 0.29) is 12.4 Å². The minimum Gasteiger partial charge on any atom is -0.496 e. The minimum absolute atomic E-state index is 0.139. The van der Waals surface area contributed by atoms with Crippen LogP contribution in [-0.4, -0.2) is 26.8 Å². The van der Waals surface area contributed by atoms with Crippen LogP contribution in [0, 0.1) is 0 Å². The number of benzene rings is 2. The van der Waals surface area contributed by atoms with E-state index in [2.05, 4.69) is 0 Å². The maximum atomic E-state index is 11.6. The molecule has 0 saturated carbocycles. The molecule has 2 rings (SSSR count). The Hall–Kier alpha value is -2.53.